The molecule has 1 aliphatic heterocycles. The highest BCUT2D eigenvalue weighted by Crippen LogP contribution is 2.36. The van der Waals surface area contributed by atoms with Gasteiger partial charge in [0.05, 0.1) is 12.1 Å². The minimum Gasteiger partial charge on any atom is -0.462 e. The van der Waals surface area contributed by atoms with E-state index in [0.29, 0.717) is 46.3 Å². The standard InChI is InChI=1S/C31H32ClN3O5/c1-20(2)39-30(37)27-21(3)34-31(38)35(28(27)23-9-7-10-24(32)19-23)18-8-17-33-29(36)22-13-15-26(16-14-22)40-25-11-5-4-6-12-25/h4-7,9-16,19-20,27-28H,8,17-18H2,1-3H3,(H,33,36). The van der Waals surface area contributed by atoms with Gasteiger partial charge in [-0.1, -0.05) is 41.9 Å². The normalized spacial score (nSPS) is 16.9. The van der Waals surface area contributed by atoms with Crippen LogP contribution in [0, 0.1) is 5.92 Å². The monoisotopic (exact) mass is 561 g/mol. The van der Waals surface area contributed by atoms with Crippen LogP contribution in [0.2, 0.25) is 5.02 Å². The molecule has 208 valence electrons. The smallest absolute Gasteiger partial charge is 0.344 e. The lowest BCUT2D eigenvalue weighted by Gasteiger charge is -2.39. The number of urea groups is 1. The van der Waals surface area contributed by atoms with E-state index in [1.807, 2.05) is 36.4 Å². The Bertz CT molecular complexity index is 1380. The average Bonchev–Trinajstić information content (AvgIpc) is 2.92. The Morgan fingerprint density at radius 3 is 2.38 bits per heavy atom. The van der Waals surface area contributed by atoms with Gasteiger partial charge >= 0.3 is 12.0 Å². The number of benzene rings is 3. The first kappa shape index (κ1) is 28.8. The van der Waals surface area contributed by atoms with Crippen LogP contribution in [-0.4, -0.2) is 47.7 Å². The van der Waals surface area contributed by atoms with Gasteiger partial charge in [-0.05, 0) is 81.3 Å². The van der Waals surface area contributed by atoms with Crippen molar-refractivity contribution in [3.05, 3.63) is 95.0 Å². The summed E-state index contributed by atoms with van der Waals surface area (Å²) in [5.74, 6) is -0.131. The zero-order valence-electron chi connectivity index (χ0n) is 22.7. The third kappa shape index (κ3) is 7.27. The number of aliphatic imine (C=N–C) groups is 1. The number of carbonyl (C=O) groups excluding carboxylic acids is 3. The number of ether oxygens (including phenoxy) is 2. The lowest BCUT2D eigenvalue weighted by molar-refractivity contribution is -0.151. The van der Waals surface area contributed by atoms with Crippen LogP contribution in [0.15, 0.2) is 83.9 Å². The summed E-state index contributed by atoms with van der Waals surface area (Å²) in [6.07, 6.45) is 0.130. The van der Waals surface area contributed by atoms with E-state index < -0.39 is 24.0 Å². The summed E-state index contributed by atoms with van der Waals surface area (Å²) in [4.78, 5) is 44.5. The second kappa shape index (κ2) is 13.3. The first-order chi connectivity index (χ1) is 19.2. The van der Waals surface area contributed by atoms with Crippen molar-refractivity contribution < 1.29 is 23.9 Å². The van der Waals surface area contributed by atoms with E-state index in [1.54, 1.807) is 68.1 Å². The van der Waals surface area contributed by atoms with Crippen molar-refractivity contribution in [1.82, 2.24) is 10.2 Å². The number of hydrogen-bond donors (Lipinski definition) is 1. The predicted molar refractivity (Wildman–Crippen MR) is 154 cm³/mol. The zero-order chi connectivity index (χ0) is 28.6. The van der Waals surface area contributed by atoms with E-state index >= 15 is 0 Å². The van der Waals surface area contributed by atoms with E-state index in [0.717, 1.165) is 0 Å². The summed E-state index contributed by atoms with van der Waals surface area (Å²) in [5.41, 5.74) is 1.59. The van der Waals surface area contributed by atoms with Crippen LogP contribution in [-0.2, 0) is 9.53 Å². The van der Waals surface area contributed by atoms with Crippen LogP contribution >= 0.6 is 11.6 Å². The molecule has 2 unspecified atom stereocenters. The molecule has 0 spiro atoms. The number of carbonyl (C=O) groups is 3. The topological polar surface area (TPSA) is 97.3 Å². The van der Waals surface area contributed by atoms with Crippen molar-refractivity contribution in [2.24, 2.45) is 10.9 Å². The van der Waals surface area contributed by atoms with Crippen LogP contribution in [0.1, 0.15) is 49.2 Å². The molecule has 3 aromatic rings. The number of para-hydroxylation sites is 1. The van der Waals surface area contributed by atoms with Crippen LogP contribution in [0.5, 0.6) is 11.5 Å². The Labute approximate surface area is 239 Å². The molecule has 3 aromatic carbocycles. The van der Waals surface area contributed by atoms with Crippen molar-refractivity contribution in [1.29, 1.82) is 0 Å². The molecule has 0 bridgehead atoms. The summed E-state index contributed by atoms with van der Waals surface area (Å²) >= 11 is 6.26. The fourth-order valence-electron chi connectivity index (χ4n) is 4.57. The van der Waals surface area contributed by atoms with Crippen LogP contribution in [0.25, 0.3) is 0 Å². The zero-order valence-corrected chi connectivity index (χ0v) is 23.4. The van der Waals surface area contributed by atoms with Crippen molar-refractivity contribution in [2.45, 2.75) is 39.3 Å². The number of nitrogens with one attached hydrogen (secondary N) is 1. The number of halogens is 1. The molecule has 40 heavy (non-hydrogen) atoms. The van der Waals surface area contributed by atoms with Crippen molar-refractivity contribution in [3.8, 4) is 11.5 Å². The Morgan fingerprint density at radius 1 is 1.00 bits per heavy atom. The molecular formula is C31H32ClN3O5. The summed E-state index contributed by atoms with van der Waals surface area (Å²) in [6, 6.07) is 22.3. The quantitative estimate of drug-likeness (QED) is 0.226. The first-order valence-corrected chi connectivity index (χ1v) is 13.5. The molecule has 4 rings (SSSR count). The van der Waals surface area contributed by atoms with Crippen LogP contribution in [0.3, 0.4) is 0 Å². The van der Waals surface area contributed by atoms with Gasteiger partial charge in [0.2, 0.25) is 0 Å². The highest BCUT2D eigenvalue weighted by molar-refractivity contribution is 6.30. The van der Waals surface area contributed by atoms with Gasteiger partial charge in [0.25, 0.3) is 5.91 Å². The van der Waals surface area contributed by atoms with Crippen molar-refractivity contribution >= 4 is 35.2 Å². The maximum Gasteiger partial charge on any atom is 0.344 e. The number of rotatable bonds is 10. The third-order valence-corrected chi connectivity index (χ3v) is 6.61. The predicted octanol–water partition coefficient (Wildman–Crippen LogP) is 6.46. The second-order valence-corrected chi connectivity index (χ2v) is 10.2. The first-order valence-electron chi connectivity index (χ1n) is 13.2. The fourth-order valence-corrected chi connectivity index (χ4v) is 4.77. The van der Waals surface area contributed by atoms with Gasteiger partial charge in [0.1, 0.15) is 17.4 Å². The van der Waals surface area contributed by atoms with Crippen LogP contribution < -0.4 is 10.1 Å². The van der Waals surface area contributed by atoms with Gasteiger partial charge < -0.3 is 19.7 Å². The third-order valence-electron chi connectivity index (χ3n) is 6.37. The summed E-state index contributed by atoms with van der Waals surface area (Å²) in [5, 5.41) is 3.38. The van der Waals surface area contributed by atoms with Gasteiger partial charge in [-0.2, -0.15) is 0 Å². The Hall–Kier alpha value is -4.17. The Balaban J connectivity index is 1.41. The van der Waals surface area contributed by atoms with Gasteiger partial charge in [-0.15, -0.1) is 0 Å². The summed E-state index contributed by atoms with van der Waals surface area (Å²) in [7, 11) is 0. The number of hydrogen-bond acceptors (Lipinski definition) is 5. The largest absolute Gasteiger partial charge is 0.462 e. The van der Waals surface area contributed by atoms with E-state index in [2.05, 4.69) is 10.3 Å². The van der Waals surface area contributed by atoms with Crippen molar-refractivity contribution in [3.63, 3.8) is 0 Å². The molecule has 0 saturated carbocycles. The molecule has 9 heteroatoms. The summed E-state index contributed by atoms with van der Waals surface area (Å²) < 4.78 is 11.3. The lowest BCUT2D eigenvalue weighted by atomic mass is 9.86. The fraction of sp³-hybridized carbons (Fsp3) is 0.290. The highest BCUT2D eigenvalue weighted by atomic mass is 35.5. The average molecular weight is 562 g/mol. The van der Waals surface area contributed by atoms with Gasteiger partial charge in [-0.3, -0.25) is 9.59 Å². The Morgan fingerprint density at radius 2 is 1.70 bits per heavy atom. The van der Waals surface area contributed by atoms with Crippen molar-refractivity contribution in [2.75, 3.05) is 13.1 Å². The molecule has 1 aliphatic rings. The molecule has 0 aromatic heterocycles. The van der Waals surface area contributed by atoms with E-state index in [4.69, 9.17) is 21.1 Å². The maximum absolute atomic E-state index is 13.1. The summed E-state index contributed by atoms with van der Waals surface area (Å²) in [6.45, 7) is 5.79. The number of nitrogens with zero attached hydrogens (tertiary/aromatic N) is 2. The maximum atomic E-state index is 13.1. The minimum absolute atomic E-state index is 0.241. The molecule has 2 atom stereocenters. The SMILES string of the molecule is CC1=NC(=O)N(CCCNC(=O)c2ccc(Oc3ccccc3)cc2)C(c2cccc(Cl)c2)C1C(=O)OC(C)C. The second-order valence-electron chi connectivity index (χ2n) is 9.74. The molecule has 3 amide bonds. The highest BCUT2D eigenvalue weighted by Gasteiger charge is 2.43. The Kier molecular flexibility index (Phi) is 9.56. The van der Waals surface area contributed by atoms with Gasteiger partial charge in [-0.25, -0.2) is 9.79 Å². The van der Waals surface area contributed by atoms with Gasteiger partial charge in [0.15, 0.2) is 0 Å². The molecule has 8 nitrogen and oxygen atoms in total. The minimum atomic E-state index is -0.773. The molecule has 1 heterocycles. The lowest BCUT2D eigenvalue weighted by Crippen LogP contribution is -2.48. The van der Waals surface area contributed by atoms with Crippen LogP contribution in [0.4, 0.5) is 4.79 Å². The molecule has 0 saturated heterocycles. The molecule has 0 radical (unpaired) electrons. The molecular weight excluding hydrogens is 530 g/mol. The molecule has 0 fully saturated rings. The van der Waals surface area contributed by atoms with E-state index in [9.17, 15) is 14.4 Å². The number of esters is 1. The molecule has 1 N–H and O–H groups in total. The number of amides is 3. The van der Waals surface area contributed by atoms with E-state index in [-0.39, 0.29) is 18.6 Å². The van der Waals surface area contributed by atoms with E-state index in [1.165, 1.54) is 0 Å². The van der Waals surface area contributed by atoms with Gasteiger partial charge in [0, 0.05) is 29.4 Å². The molecule has 0 aliphatic carbocycles.